The molecule has 0 fully saturated rings. The van der Waals surface area contributed by atoms with Gasteiger partial charge in [-0.2, -0.15) is 4.72 Å². The van der Waals surface area contributed by atoms with Crippen LogP contribution < -0.4 is 4.72 Å². The van der Waals surface area contributed by atoms with Crippen LogP contribution in [0.25, 0.3) is 0 Å². The molecule has 1 heterocycles. The molecule has 9 heteroatoms. The summed E-state index contributed by atoms with van der Waals surface area (Å²) < 4.78 is 43.5. The van der Waals surface area contributed by atoms with Crippen LogP contribution in [0, 0.1) is 5.82 Å². The van der Waals surface area contributed by atoms with Gasteiger partial charge in [-0.15, -0.1) is 0 Å². The minimum Gasteiger partial charge on any atom is -0.478 e. The van der Waals surface area contributed by atoms with Gasteiger partial charge >= 0.3 is 5.97 Å². The number of hydrogen-bond acceptors (Lipinski definition) is 4. The molecule has 0 aliphatic rings. The molecule has 140 valence electrons. The quantitative estimate of drug-likeness (QED) is 0.674. The number of nitrogens with one attached hydrogen (secondary N) is 1. The fourth-order valence-corrected chi connectivity index (χ4v) is 3.86. The van der Waals surface area contributed by atoms with Crippen LogP contribution in [0.2, 0.25) is 0 Å². The predicted octanol–water partition coefficient (Wildman–Crippen LogP) is 2.33. The lowest BCUT2D eigenvalue weighted by molar-refractivity contribution is 0.0696. The number of hydrogen-bond donors (Lipinski definition) is 2. The number of carboxylic acid groups (broad SMARTS) is 1. The van der Waals surface area contributed by atoms with Crippen molar-refractivity contribution >= 4 is 16.0 Å². The highest BCUT2D eigenvalue weighted by atomic mass is 32.2. The number of aromatic nitrogens is 2. The molecule has 1 aromatic heterocycles. The number of rotatable bonds is 6. The van der Waals surface area contributed by atoms with Crippen molar-refractivity contribution in [2.75, 3.05) is 0 Å². The molecule has 7 nitrogen and oxygen atoms in total. The lowest BCUT2D eigenvalue weighted by Crippen LogP contribution is -2.31. The molecule has 0 spiro atoms. The first-order chi connectivity index (χ1) is 12.8. The Balaban J connectivity index is 2.05. The Hall–Kier alpha value is -3.04. The smallest absolute Gasteiger partial charge is 0.335 e. The summed E-state index contributed by atoms with van der Waals surface area (Å²) >= 11 is 0. The molecular formula is C18H16FN3O4S. The third-order valence-corrected chi connectivity index (χ3v) is 5.38. The largest absolute Gasteiger partial charge is 0.478 e. The molecule has 27 heavy (non-hydrogen) atoms. The third kappa shape index (κ3) is 4.04. The number of halogens is 1. The van der Waals surface area contributed by atoms with E-state index in [2.05, 4.69) is 9.71 Å². The van der Waals surface area contributed by atoms with E-state index in [0.29, 0.717) is 11.4 Å². The molecule has 0 radical (unpaired) electrons. The molecular weight excluding hydrogens is 373 g/mol. The van der Waals surface area contributed by atoms with Crippen LogP contribution in [0.15, 0.2) is 65.8 Å². The van der Waals surface area contributed by atoms with Crippen LogP contribution in [0.4, 0.5) is 4.39 Å². The lowest BCUT2D eigenvalue weighted by atomic mass is 10.1. The minimum atomic E-state index is -4.11. The zero-order valence-corrected chi connectivity index (χ0v) is 15.0. The van der Waals surface area contributed by atoms with E-state index < -0.39 is 27.9 Å². The molecule has 2 N–H and O–H groups in total. The van der Waals surface area contributed by atoms with Gasteiger partial charge in [0.05, 0.1) is 10.5 Å². The zero-order valence-electron chi connectivity index (χ0n) is 14.2. The SMILES string of the molecule is Cn1ccnc1C(NS(=O)(=O)c1cccc(C(=O)O)c1)c1cccc(F)c1. The zero-order chi connectivity index (χ0) is 19.6. The predicted molar refractivity (Wildman–Crippen MR) is 95.2 cm³/mol. The normalized spacial score (nSPS) is 12.7. The van der Waals surface area contributed by atoms with Gasteiger partial charge in [0, 0.05) is 19.4 Å². The Morgan fingerprint density at radius 2 is 1.96 bits per heavy atom. The average Bonchev–Trinajstić information content (AvgIpc) is 3.05. The maximum Gasteiger partial charge on any atom is 0.335 e. The van der Waals surface area contributed by atoms with Crippen molar-refractivity contribution in [3.8, 4) is 0 Å². The summed E-state index contributed by atoms with van der Waals surface area (Å²) in [6, 6.07) is 9.55. The third-order valence-electron chi connectivity index (χ3n) is 3.96. The van der Waals surface area contributed by atoms with E-state index in [-0.39, 0.29) is 10.5 Å². The van der Waals surface area contributed by atoms with E-state index in [1.54, 1.807) is 23.9 Å². The highest BCUT2D eigenvalue weighted by Gasteiger charge is 2.26. The van der Waals surface area contributed by atoms with Crippen molar-refractivity contribution in [3.63, 3.8) is 0 Å². The first kappa shape index (κ1) is 18.7. The van der Waals surface area contributed by atoms with Crippen molar-refractivity contribution in [2.24, 2.45) is 7.05 Å². The van der Waals surface area contributed by atoms with Gasteiger partial charge in [-0.1, -0.05) is 18.2 Å². The Labute approximate surface area is 155 Å². The van der Waals surface area contributed by atoms with Crippen LogP contribution in [-0.2, 0) is 17.1 Å². The van der Waals surface area contributed by atoms with Crippen LogP contribution in [-0.4, -0.2) is 29.0 Å². The van der Waals surface area contributed by atoms with Crippen LogP contribution >= 0.6 is 0 Å². The monoisotopic (exact) mass is 389 g/mol. The fourth-order valence-electron chi connectivity index (χ4n) is 2.63. The van der Waals surface area contributed by atoms with E-state index in [9.17, 15) is 17.6 Å². The molecule has 0 amide bonds. The number of nitrogens with zero attached hydrogens (tertiary/aromatic N) is 2. The summed E-state index contributed by atoms with van der Waals surface area (Å²) in [5.74, 6) is -1.39. The van der Waals surface area contributed by atoms with E-state index in [1.165, 1.54) is 42.6 Å². The molecule has 0 bridgehead atoms. The Bertz CT molecular complexity index is 1100. The molecule has 0 saturated carbocycles. The number of carbonyl (C=O) groups is 1. The summed E-state index contributed by atoms with van der Waals surface area (Å²) in [4.78, 5) is 15.1. The van der Waals surface area contributed by atoms with Crippen molar-refractivity contribution in [3.05, 3.63) is 83.7 Å². The fraction of sp³-hybridized carbons (Fsp3) is 0.111. The van der Waals surface area contributed by atoms with Gasteiger partial charge in [0.25, 0.3) is 0 Å². The first-order valence-corrected chi connectivity index (χ1v) is 9.34. The second kappa shape index (κ2) is 7.29. The van der Waals surface area contributed by atoms with E-state index in [4.69, 9.17) is 5.11 Å². The number of carboxylic acids is 1. The van der Waals surface area contributed by atoms with Crippen LogP contribution in [0.5, 0.6) is 0 Å². The maximum atomic E-state index is 13.7. The molecule has 0 saturated heterocycles. The summed E-state index contributed by atoms with van der Waals surface area (Å²) in [6.45, 7) is 0. The number of aryl methyl sites for hydroxylation is 1. The minimum absolute atomic E-state index is 0.155. The maximum absolute atomic E-state index is 13.7. The van der Waals surface area contributed by atoms with Crippen molar-refractivity contribution in [2.45, 2.75) is 10.9 Å². The second-order valence-corrected chi connectivity index (χ2v) is 7.55. The molecule has 3 rings (SSSR count). The summed E-state index contributed by atoms with van der Waals surface area (Å²) in [6.07, 6.45) is 3.14. The summed E-state index contributed by atoms with van der Waals surface area (Å²) in [7, 11) is -2.42. The van der Waals surface area contributed by atoms with Crippen LogP contribution in [0.1, 0.15) is 27.8 Å². The molecule has 2 aromatic carbocycles. The molecule has 1 unspecified atom stereocenters. The van der Waals surface area contributed by atoms with Crippen LogP contribution in [0.3, 0.4) is 0 Å². The van der Waals surface area contributed by atoms with Gasteiger partial charge in [0.2, 0.25) is 10.0 Å². The average molecular weight is 389 g/mol. The Morgan fingerprint density at radius 3 is 2.59 bits per heavy atom. The highest BCUT2D eigenvalue weighted by molar-refractivity contribution is 7.89. The lowest BCUT2D eigenvalue weighted by Gasteiger charge is -2.19. The Kier molecular flexibility index (Phi) is 5.06. The van der Waals surface area contributed by atoms with E-state index >= 15 is 0 Å². The Morgan fingerprint density at radius 1 is 1.22 bits per heavy atom. The van der Waals surface area contributed by atoms with Gasteiger partial charge < -0.3 is 9.67 Å². The van der Waals surface area contributed by atoms with Crippen molar-refractivity contribution in [1.29, 1.82) is 0 Å². The van der Waals surface area contributed by atoms with Crippen molar-refractivity contribution < 1.29 is 22.7 Å². The van der Waals surface area contributed by atoms with Gasteiger partial charge in [-0.05, 0) is 35.9 Å². The topological polar surface area (TPSA) is 101 Å². The summed E-state index contributed by atoms with van der Waals surface area (Å²) in [5, 5.41) is 9.08. The number of sulfonamides is 1. The molecule has 1 atom stereocenters. The summed E-state index contributed by atoms with van der Waals surface area (Å²) in [5.41, 5.74) is 0.208. The molecule has 0 aliphatic heterocycles. The number of imidazole rings is 1. The number of aromatic carboxylic acids is 1. The van der Waals surface area contributed by atoms with E-state index in [1.807, 2.05) is 0 Å². The standard InChI is InChI=1S/C18H16FN3O4S/c1-22-9-8-20-17(22)16(12-4-2-6-14(19)10-12)21-27(25,26)15-7-3-5-13(11-15)18(23)24/h2-11,16,21H,1H3,(H,23,24). The van der Waals surface area contributed by atoms with Gasteiger partial charge in [0.1, 0.15) is 17.7 Å². The molecule has 0 aliphatic carbocycles. The first-order valence-electron chi connectivity index (χ1n) is 7.86. The highest BCUT2D eigenvalue weighted by Crippen LogP contribution is 2.24. The van der Waals surface area contributed by atoms with Gasteiger partial charge in [0.15, 0.2) is 0 Å². The van der Waals surface area contributed by atoms with E-state index in [0.717, 1.165) is 6.07 Å². The molecule has 3 aromatic rings. The second-order valence-electron chi connectivity index (χ2n) is 5.84. The van der Waals surface area contributed by atoms with Crippen molar-refractivity contribution in [1.82, 2.24) is 14.3 Å². The van der Waals surface area contributed by atoms with Gasteiger partial charge in [-0.25, -0.2) is 22.6 Å². The number of benzene rings is 2. The van der Waals surface area contributed by atoms with Gasteiger partial charge in [-0.3, -0.25) is 0 Å².